The predicted molar refractivity (Wildman–Crippen MR) is 84.3 cm³/mol. The van der Waals surface area contributed by atoms with Crippen molar-refractivity contribution in [3.63, 3.8) is 0 Å². The van der Waals surface area contributed by atoms with Crippen molar-refractivity contribution in [3.8, 4) is 0 Å². The molecule has 0 aromatic heterocycles. The molecule has 1 fully saturated rings. The zero-order valence-electron chi connectivity index (χ0n) is 11.0. The lowest BCUT2D eigenvalue weighted by Gasteiger charge is -2.17. The molecule has 1 N–H and O–H groups in total. The van der Waals surface area contributed by atoms with Crippen molar-refractivity contribution in [1.82, 2.24) is 5.32 Å². The number of nitrogens with one attached hydrogen (secondary N) is 1. The van der Waals surface area contributed by atoms with Gasteiger partial charge in [-0.05, 0) is 53.4 Å². The summed E-state index contributed by atoms with van der Waals surface area (Å²) in [7, 11) is 0. The second-order valence-corrected chi connectivity index (χ2v) is 6.93. The van der Waals surface area contributed by atoms with Crippen LogP contribution in [0.1, 0.15) is 32.6 Å². The lowest BCUT2D eigenvalue weighted by atomic mass is 10.1. The minimum absolute atomic E-state index is 0.660. The van der Waals surface area contributed by atoms with E-state index in [2.05, 4.69) is 52.4 Å². The lowest BCUT2D eigenvalue weighted by molar-refractivity contribution is 0.501. The van der Waals surface area contributed by atoms with Crippen LogP contribution in [0.4, 0.5) is 0 Å². The van der Waals surface area contributed by atoms with Gasteiger partial charge in [-0.1, -0.05) is 31.9 Å². The van der Waals surface area contributed by atoms with Gasteiger partial charge in [-0.25, -0.2) is 0 Å². The molecule has 1 aliphatic rings. The first-order valence-corrected chi connectivity index (χ1v) is 8.68. The van der Waals surface area contributed by atoms with Crippen molar-refractivity contribution in [2.75, 3.05) is 12.3 Å². The Morgan fingerprint density at radius 3 is 2.83 bits per heavy atom. The first kappa shape index (κ1) is 14.4. The summed E-state index contributed by atoms with van der Waals surface area (Å²) in [5.74, 6) is 2.21. The molecule has 0 saturated heterocycles. The van der Waals surface area contributed by atoms with Crippen LogP contribution in [0.5, 0.6) is 0 Å². The molecular formula is C15H22BrNS. The van der Waals surface area contributed by atoms with E-state index in [1.807, 2.05) is 11.8 Å². The molecule has 2 rings (SSSR count). The molecule has 0 amide bonds. The van der Waals surface area contributed by atoms with Gasteiger partial charge < -0.3 is 5.32 Å². The van der Waals surface area contributed by atoms with Crippen molar-refractivity contribution >= 4 is 27.7 Å². The molecule has 0 radical (unpaired) electrons. The Hall–Kier alpha value is 0.01000. The van der Waals surface area contributed by atoms with Gasteiger partial charge in [0.1, 0.15) is 0 Å². The maximum atomic E-state index is 3.62. The highest BCUT2D eigenvalue weighted by Gasteiger charge is 2.22. The molecule has 1 nitrogen and oxygen atoms in total. The van der Waals surface area contributed by atoms with Crippen LogP contribution in [0.3, 0.4) is 0 Å². The fraction of sp³-hybridized carbons (Fsp3) is 0.600. The van der Waals surface area contributed by atoms with E-state index < -0.39 is 0 Å². The molecule has 1 atom stereocenters. The molecule has 1 unspecified atom stereocenters. The molecule has 0 bridgehead atoms. The summed E-state index contributed by atoms with van der Waals surface area (Å²) in [6.07, 6.45) is 5.68. The van der Waals surface area contributed by atoms with Gasteiger partial charge in [0.2, 0.25) is 0 Å². The Morgan fingerprint density at radius 2 is 2.17 bits per heavy atom. The Labute approximate surface area is 123 Å². The number of rotatable bonds is 8. The molecule has 1 saturated carbocycles. The molecule has 0 spiro atoms. The number of thioether (sulfide) groups is 1. The zero-order chi connectivity index (χ0) is 12.8. The van der Waals surface area contributed by atoms with E-state index in [4.69, 9.17) is 0 Å². The highest BCUT2D eigenvalue weighted by Crippen LogP contribution is 2.34. The van der Waals surface area contributed by atoms with E-state index in [0.29, 0.717) is 6.04 Å². The van der Waals surface area contributed by atoms with Gasteiger partial charge >= 0.3 is 0 Å². The number of hydrogen-bond acceptors (Lipinski definition) is 2. The smallest absolute Gasteiger partial charge is 0.0311 e. The summed E-state index contributed by atoms with van der Waals surface area (Å²) < 4.78 is 1.22. The third kappa shape index (κ3) is 4.94. The minimum Gasteiger partial charge on any atom is -0.313 e. The first-order valence-electron chi connectivity index (χ1n) is 6.90. The molecule has 18 heavy (non-hydrogen) atoms. The summed E-state index contributed by atoms with van der Waals surface area (Å²) in [5, 5.41) is 3.62. The number of halogens is 1. The Bertz CT molecular complexity index is 365. The van der Waals surface area contributed by atoms with Crippen molar-refractivity contribution in [3.05, 3.63) is 28.7 Å². The average Bonchev–Trinajstić information content (AvgIpc) is 3.18. The molecular weight excluding hydrogens is 306 g/mol. The minimum atomic E-state index is 0.660. The third-order valence-corrected chi connectivity index (χ3v) is 5.58. The average molecular weight is 328 g/mol. The maximum Gasteiger partial charge on any atom is 0.0311 e. The molecule has 1 aromatic carbocycles. The van der Waals surface area contributed by atoms with E-state index in [-0.39, 0.29) is 0 Å². The summed E-state index contributed by atoms with van der Waals surface area (Å²) in [4.78, 5) is 1.35. The van der Waals surface area contributed by atoms with Crippen LogP contribution in [-0.4, -0.2) is 18.3 Å². The second-order valence-electron chi connectivity index (χ2n) is 5.02. The highest BCUT2D eigenvalue weighted by atomic mass is 79.9. The fourth-order valence-corrected chi connectivity index (χ4v) is 3.80. The van der Waals surface area contributed by atoms with Crippen LogP contribution in [0.15, 0.2) is 33.6 Å². The van der Waals surface area contributed by atoms with Gasteiger partial charge in [-0.2, -0.15) is 0 Å². The van der Waals surface area contributed by atoms with E-state index in [0.717, 1.165) is 12.5 Å². The fourth-order valence-electron chi connectivity index (χ4n) is 2.13. The Balaban J connectivity index is 1.78. The van der Waals surface area contributed by atoms with Crippen LogP contribution in [0, 0.1) is 5.92 Å². The molecule has 3 heteroatoms. The molecule has 100 valence electrons. The van der Waals surface area contributed by atoms with Gasteiger partial charge in [0.15, 0.2) is 0 Å². The lowest BCUT2D eigenvalue weighted by Crippen LogP contribution is -2.31. The largest absolute Gasteiger partial charge is 0.313 e. The normalized spacial score (nSPS) is 16.8. The van der Waals surface area contributed by atoms with Crippen LogP contribution >= 0.6 is 27.7 Å². The summed E-state index contributed by atoms with van der Waals surface area (Å²) in [6, 6.07) is 9.16. The highest BCUT2D eigenvalue weighted by molar-refractivity contribution is 9.10. The standard InChI is InChI=1S/C15H22BrNS/c1-2-17-13(10-9-12-7-8-12)11-18-15-6-4-3-5-14(15)16/h3-6,12-13,17H,2,7-11H2,1H3. The van der Waals surface area contributed by atoms with E-state index >= 15 is 0 Å². The van der Waals surface area contributed by atoms with Crippen molar-refractivity contribution in [2.24, 2.45) is 5.92 Å². The third-order valence-electron chi connectivity index (χ3n) is 3.39. The predicted octanol–water partition coefficient (Wildman–Crippen LogP) is 4.71. The monoisotopic (exact) mass is 327 g/mol. The zero-order valence-corrected chi connectivity index (χ0v) is 13.4. The van der Waals surface area contributed by atoms with Gasteiger partial charge in [-0.3, -0.25) is 0 Å². The topological polar surface area (TPSA) is 12.0 Å². The van der Waals surface area contributed by atoms with E-state index in [1.54, 1.807) is 0 Å². The Kier molecular flexibility index (Phi) is 6.06. The van der Waals surface area contributed by atoms with Crippen LogP contribution < -0.4 is 5.32 Å². The van der Waals surface area contributed by atoms with Crippen molar-refractivity contribution in [2.45, 2.75) is 43.5 Å². The van der Waals surface area contributed by atoms with Crippen LogP contribution in [0.25, 0.3) is 0 Å². The van der Waals surface area contributed by atoms with Crippen molar-refractivity contribution in [1.29, 1.82) is 0 Å². The van der Waals surface area contributed by atoms with Crippen molar-refractivity contribution < 1.29 is 0 Å². The van der Waals surface area contributed by atoms with Crippen LogP contribution in [0.2, 0.25) is 0 Å². The SMILES string of the molecule is CCNC(CCC1CC1)CSc1ccccc1Br. The molecule has 1 aliphatic carbocycles. The Morgan fingerprint density at radius 1 is 1.39 bits per heavy atom. The summed E-state index contributed by atoms with van der Waals surface area (Å²) >= 11 is 5.57. The van der Waals surface area contributed by atoms with E-state index in [9.17, 15) is 0 Å². The first-order chi connectivity index (χ1) is 8.79. The summed E-state index contributed by atoms with van der Waals surface area (Å²) in [5.41, 5.74) is 0. The number of benzene rings is 1. The summed E-state index contributed by atoms with van der Waals surface area (Å²) in [6.45, 7) is 3.28. The second kappa shape index (κ2) is 7.56. The molecule has 0 aliphatic heterocycles. The van der Waals surface area contributed by atoms with Gasteiger partial charge in [-0.15, -0.1) is 11.8 Å². The van der Waals surface area contributed by atoms with Gasteiger partial charge in [0.25, 0.3) is 0 Å². The molecule has 1 aromatic rings. The molecule has 0 heterocycles. The number of hydrogen-bond donors (Lipinski definition) is 1. The quantitative estimate of drug-likeness (QED) is 0.694. The van der Waals surface area contributed by atoms with Gasteiger partial charge in [0, 0.05) is 21.2 Å². The maximum absolute atomic E-state index is 3.62. The van der Waals surface area contributed by atoms with Gasteiger partial charge in [0.05, 0.1) is 0 Å². The van der Waals surface area contributed by atoms with E-state index in [1.165, 1.54) is 40.8 Å². The van der Waals surface area contributed by atoms with Crippen LogP contribution in [-0.2, 0) is 0 Å².